The average molecular weight is 312 g/mol. The Bertz CT molecular complexity index is 594. The lowest BCUT2D eigenvalue weighted by atomic mass is 10.00. The highest BCUT2D eigenvalue weighted by atomic mass is 19.4. The fraction of sp³-hybridized carbons (Fsp3) is 0.467. The number of alkyl halides is 3. The van der Waals surface area contributed by atoms with Crippen LogP contribution in [0.2, 0.25) is 0 Å². The smallest absolute Gasteiger partial charge is 0.352 e. The van der Waals surface area contributed by atoms with Crippen LogP contribution in [-0.2, 0) is 15.8 Å². The molecule has 1 aromatic carbocycles. The SMILES string of the molecule is O=C1NCCN(C(=O)C2CC2)[C@H]1c1ccc(C(F)(F)F)cc1. The van der Waals surface area contributed by atoms with Crippen LogP contribution in [0.15, 0.2) is 24.3 Å². The Morgan fingerprint density at radius 2 is 1.82 bits per heavy atom. The summed E-state index contributed by atoms with van der Waals surface area (Å²) in [5.41, 5.74) is -0.369. The molecule has 2 aliphatic rings. The number of benzene rings is 1. The van der Waals surface area contributed by atoms with Crippen molar-refractivity contribution in [3.05, 3.63) is 35.4 Å². The lowest BCUT2D eigenvalue weighted by molar-refractivity contribution is -0.144. The van der Waals surface area contributed by atoms with Crippen molar-refractivity contribution in [2.24, 2.45) is 5.92 Å². The van der Waals surface area contributed by atoms with Gasteiger partial charge in [-0.3, -0.25) is 9.59 Å². The predicted molar refractivity (Wildman–Crippen MR) is 71.6 cm³/mol. The Balaban J connectivity index is 1.88. The van der Waals surface area contributed by atoms with E-state index >= 15 is 0 Å². The van der Waals surface area contributed by atoms with Crippen molar-refractivity contribution in [3.63, 3.8) is 0 Å². The van der Waals surface area contributed by atoms with Crippen LogP contribution in [0.25, 0.3) is 0 Å². The van der Waals surface area contributed by atoms with Crippen molar-refractivity contribution < 1.29 is 22.8 Å². The van der Waals surface area contributed by atoms with Crippen LogP contribution < -0.4 is 5.32 Å². The number of hydrogen-bond donors (Lipinski definition) is 1. The van der Waals surface area contributed by atoms with E-state index in [-0.39, 0.29) is 17.7 Å². The number of hydrogen-bond acceptors (Lipinski definition) is 2. The quantitative estimate of drug-likeness (QED) is 0.909. The molecule has 0 aromatic heterocycles. The number of nitrogens with one attached hydrogen (secondary N) is 1. The number of amides is 2. The summed E-state index contributed by atoms with van der Waals surface area (Å²) in [6, 6.07) is 3.58. The standard InChI is InChI=1S/C15H15F3N2O2/c16-15(17,18)11-5-3-9(4-6-11)12-13(21)19-7-8-20(12)14(22)10-1-2-10/h3-6,10,12H,1-2,7-8H2,(H,19,21)/t12-/m0/s1. The zero-order valence-electron chi connectivity index (χ0n) is 11.7. The Morgan fingerprint density at radius 1 is 1.18 bits per heavy atom. The van der Waals surface area contributed by atoms with Crippen LogP contribution in [-0.4, -0.2) is 29.8 Å². The Morgan fingerprint density at radius 3 is 2.36 bits per heavy atom. The van der Waals surface area contributed by atoms with Crippen LogP contribution in [0.1, 0.15) is 30.0 Å². The van der Waals surface area contributed by atoms with Gasteiger partial charge >= 0.3 is 6.18 Å². The molecule has 1 heterocycles. The first-order valence-electron chi connectivity index (χ1n) is 7.13. The van der Waals surface area contributed by atoms with Gasteiger partial charge < -0.3 is 10.2 Å². The summed E-state index contributed by atoms with van der Waals surface area (Å²) in [4.78, 5) is 25.9. The molecule has 0 unspecified atom stereocenters. The number of piperazine rings is 1. The highest BCUT2D eigenvalue weighted by Crippen LogP contribution is 2.36. The highest BCUT2D eigenvalue weighted by Gasteiger charge is 2.41. The molecular weight excluding hydrogens is 297 g/mol. The van der Waals surface area contributed by atoms with Gasteiger partial charge in [-0.1, -0.05) is 12.1 Å². The second kappa shape index (κ2) is 5.30. The minimum absolute atomic E-state index is 0.0390. The summed E-state index contributed by atoms with van der Waals surface area (Å²) in [5.74, 6) is -0.470. The van der Waals surface area contributed by atoms with Crippen molar-refractivity contribution in [2.45, 2.75) is 25.1 Å². The summed E-state index contributed by atoms with van der Waals surface area (Å²) in [7, 11) is 0. The molecule has 0 spiro atoms. The van der Waals surface area contributed by atoms with Crippen LogP contribution in [0, 0.1) is 5.92 Å². The van der Waals surface area contributed by atoms with Crippen molar-refractivity contribution in [1.29, 1.82) is 0 Å². The second-order valence-electron chi connectivity index (χ2n) is 5.62. The van der Waals surface area contributed by atoms with E-state index in [1.54, 1.807) is 0 Å². The minimum Gasteiger partial charge on any atom is -0.352 e. The lowest BCUT2D eigenvalue weighted by Crippen LogP contribution is -2.52. The molecule has 0 radical (unpaired) electrons. The van der Waals surface area contributed by atoms with Crippen molar-refractivity contribution in [1.82, 2.24) is 10.2 Å². The fourth-order valence-corrected chi connectivity index (χ4v) is 2.65. The van der Waals surface area contributed by atoms with E-state index < -0.39 is 17.8 Å². The van der Waals surface area contributed by atoms with Gasteiger partial charge in [0.1, 0.15) is 6.04 Å². The van der Waals surface area contributed by atoms with Crippen LogP contribution in [0.4, 0.5) is 13.2 Å². The molecule has 7 heteroatoms. The van der Waals surface area contributed by atoms with Gasteiger partial charge in [0.2, 0.25) is 11.8 Å². The zero-order valence-corrected chi connectivity index (χ0v) is 11.7. The first-order valence-corrected chi connectivity index (χ1v) is 7.13. The molecule has 2 amide bonds. The molecule has 1 saturated heterocycles. The van der Waals surface area contributed by atoms with Crippen molar-refractivity contribution in [2.75, 3.05) is 13.1 Å². The first kappa shape index (κ1) is 14.9. The molecule has 1 N–H and O–H groups in total. The molecule has 22 heavy (non-hydrogen) atoms. The molecule has 1 atom stereocenters. The Hall–Kier alpha value is -2.05. The average Bonchev–Trinajstić information content (AvgIpc) is 3.30. The molecule has 4 nitrogen and oxygen atoms in total. The van der Waals surface area contributed by atoms with Gasteiger partial charge in [0, 0.05) is 19.0 Å². The third-order valence-electron chi connectivity index (χ3n) is 3.98. The van der Waals surface area contributed by atoms with Gasteiger partial charge in [0.15, 0.2) is 0 Å². The molecule has 1 aromatic rings. The van der Waals surface area contributed by atoms with E-state index in [4.69, 9.17) is 0 Å². The third-order valence-corrected chi connectivity index (χ3v) is 3.98. The summed E-state index contributed by atoms with van der Waals surface area (Å²) < 4.78 is 37.8. The van der Waals surface area contributed by atoms with Gasteiger partial charge in [0.05, 0.1) is 5.56 Å². The normalized spacial score (nSPS) is 22.4. The largest absolute Gasteiger partial charge is 0.416 e. The van der Waals surface area contributed by atoms with E-state index in [0.717, 1.165) is 25.0 Å². The summed E-state index contributed by atoms with van der Waals surface area (Å²) in [6.45, 7) is 0.751. The summed E-state index contributed by atoms with van der Waals surface area (Å²) >= 11 is 0. The van der Waals surface area contributed by atoms with E-state index in [2.05, 4.69) is 5.32 Å². The number of nitrogens with zero attached hydrogens (tertiary/aromatic N) is 1. The third kappa shape index (κ3) is 2.80. The lowest BCUT2D eigenvalue weighted by Gasteiger charge is -2.35. The van der Waals surface area contributed by atoms with Gasteiger partial charge in [-0.05, 0) is 30.5 Å². The van der Waals surface area contributed by atoms with Crippen molar-refractivity contribution in [3.8, 4) is 0 Å². The number of carbonyl (C=O) groups excluding carboxylic acids is 2. The summed E-state index contributed by atoms with van der Waals surface area (Å²) in [5, 5.41) is 2.66. The monoisotopic (exact) mass is 312 g/mol. The molecule has 1 aliphatic heterocycles. The van der Waals surface area contributed by atoms with E-state index in [9.17, 15) is 22.8 Å². The topological polar surface area (TPSA) is 49.4 Å². The molecule has 118 valence electrons. The van der Waals surface area contributed by atoms with Gasteiger partial charge in [-0.15, -0.1) is 0 Å². The first-order chi connectivity index (χ1) is 10.4. The van der Waals surface area contributed by atoms with Crippen LogP contribution in [0.5, 0.6) is 0 Å². The van der Waals surface area contributed by atoms with E-state index in [1.165, 1.54) is 17.0 Å². The molecule has 2 fully saturated rings. The molecule has 3 rings (SSSR count). The Labute approximate surface area is 125 Å². The molecule has 0 bridgehead atoms. The van der Waals surface area contributed by atoms with Gasteiger partial charge in [-0.2, -0.15) is 13.2 Å². The summed E-state index contributed by atoms with van der Waals surface area (Å²) in [6.07, 6.45) is -2.79. The molecular formula is C15H15F3N2O2. The predicted octanol–water partition coefficient (Wildman–Crippen LogP) is 2.11. The second-order valence-corrected chi connectivity index (χ2v) is 5.62. The molecule has 1 aliphatic carbocycles. The van der Waals surface area contributed by atoms with Gasteiger partial charge in [-0.25, -0.2) is 0 Å². The van der Waals surface area contributed by atoms with E-state index in [0.29, 0.717) is 18.7 Å². The highest BCUT2D eigenvalue weighted by molar-refractivity contribution is 5.91. The molecule has 1 saturated carbocycles. The maximum atomic E-state index is 12.6. The maximum Gasteiger partial charge on any atom is 0.416 e. The van der Waals surface area contributed by atoms with Crippen molar-refractivity contribution >= 4 is 11.8 Å². The van der Waals surface area contributed by atoms with Crippen LogP contribution in [0.3, 0.4) is 0 Å². The number of rotatable bonds is 2. The van der Waals surface area contributed by atoms with Gasteiger partial charge in [0.25, 0.3) is 0 Å². The fourth-order valence-electron chi connectivity index (χ4n) is 2.65. The number of carbonyl (C=O) groups is 2. The van der Waals surface area contributed by atoms with Crippen LogP contribution >= 0.6 is 0 Å². The number of halogens is 3. The maximum absolute atomic E-state index is 12.6. The minimum atomic E-state index is -4.42. The Kier molecular flexibility index (Phi) is 3.58. The zero-order chi connectivity index (χ0) is 15.9. The van der Waals surface area contributed by atoms with E-state index in [1.807, 2.05) is 0 Å².